The van der Waals surface area contributed by atoms with Crippen LogP contribution in [0.4, 0.5) is 4.39 Å². The molecule has 0 saturated carbocycles. The third-order valence-corrected chi connectivity index (χ3v) is 4.27. The zero-order chi connectivity index (χ0) is 19.7. The summed E-state index contributed by atoms with van der Waals surface area (Å²) in [6.07, 6.45) is 3.19. The predicted octanol–water partition coefficient (Wildman–Crippen LogP) is 5.22. The maximum Gasteiger partial charge on any atom is 0.335 e. The fraction of sp³-hybridized carbons (Fsp3) is 0.0455. The molecule has 0 amide bonds. The molecule has 0 unspecified atom stereocenters. The van der Waals surface area contributed by atoms with Crippen molar-refractivity contribution in [1.29, 1.82) is 0 Å². The minimum absolute atomic E-state index is 0.102. The first-order valence-electron chi connectivity index (χ1n) is 8.52. The molecular weight excluding hydrogens is 359 g/mol. The van der Waals surface area contributed by atoms with Crippen molar-refractivity contribution in [2.24, 2.45) is 0 Å². The van der Waals surface area contributed by atoms with Crippen LogP contribution in [0.15, 0.2) is 71.5 Å². The topological polar surface area (TPSA) is 76.2 Å². The third kappa shape index (κ3) is 3.53. The fourth-order valence-electron chi connectivity index (χ4n) is 2.97. The molecule has 0 bridgehead atoms. The van der Waals surface area contributed by atoms with E-state index in [9.17, 15) is 14.3 Å². The molecule has 2 aromatic heterocycles. The summed E-state index contributed by atoms with van der Waals surface area (Å²) >= 11 is 0. The average molecular weight is 374 g/mol. The summed E-state index contributed by atoms with van der Waals surface area (Å²) in [5.74, 6) is -1.26. The van der Waals surface area contributed by atoms with Crippen LogP contribution in [0, 0.1) is 12.7 Å². The summed E-state index contributed by atoms with van der Waals surface area (Å²) in [4.78, 5) is 20.3. The minimum Gasteiger partial charge on any atom is -0.478 e. The summed E-state index contributed by atoms with van der Waals surface area (Å²) < 4.78 is 19.0. The van der Waals surface area contributed by atoms with Crippen LogP contribution in [0.5, 0.6) is 0 Å². The molecule has 0 atom stereocenters. The van der Waals surface area contributed by atoms with E-state index in [1.165, 1.54) is 12.1 Å². The van der Waals surface area contributed by atoms with E-state index in [-0.39, 0.29) is 5.56 Å². The van der Waals surface area contributed by atoms with Gasteiger partial charge in [-0.05, 0) is 54.4 Å². The molecule has 4 rings (SSSR count). The number of hydrogen-bond donors (Lipinski definition) is 1. The number of carboxylic acids is 1. The van der Waals surface area contributed by atoms with Crippen LogP contribution in [0.25, 0.3) is 33.8 Å². The van der Waals surface area contributed by atoms with Crippen LogP contribution in [-0.4, -0.2) is 21.0 Å². The maximum absolute atomic E-state index is 13.9. The van der Waals surface area contributed by atoms with Crippen molar-refractivity contribution in [2.75, 3.05) is 0 Å². The van der Waals surface area contributed by atoms with E-state index < -0.39 is 11.8 Å². The molecule has 5 nitrogen and oxygen atoms in total. The van der Waals surface area contributed by atoms with Gasteiger partial charge >= 0.3 is 5.97 Å². The van der Waals surface area contributed by atoms with E-state index in [0.717, 1.165) is 28.6 Å². The van der Waals surface area contributed by atoms with E-state index in [4.69, 9.17) is 4.42 Å². The number of aryl methyl sites for hydroxylation is 1. The van der Waals surface area contributed by atoms with Gasteiger partial charge in [-0.25, -0.2) is 19.2 Å². The molecule has 1 N–H and O–H groups in total. The number of nitrogens with zero attached hydrogens (tertiary/aromatic N) is 2. The second-order valence-corrected chi connectivity index (χ2v) is 6.34. The standard InChI is InChI=1S/C22H15FN2O3/c1-13-7-20(16-5-6-28-12-16)25-21(24-13)15-4-2-3-14(8-15)17-9-18(22(26)27)11-19(23)10-17/h2-12H,1H3,(H,26,27). The molecule has 0 radical (unpaired) electrons. The van der Waals surface area contributed by atoms with Crippen LogP contribution >= 0.6 is 0 Å². The number of hydrogen-bond acceptors (Lipinski definition) is 4. The van der Waals surface area contributed by atoms with Gasteiger partial charge in [0.05, 0.1) is 23.8 Å². The highest BCUT2D eigenvalue weighted by Crippen LogP contribution is 2.28. The molecule has 28 heavy (non-hydrogen) atoms. The number of halogens is 1. The average Bonchev–Trinajstić information content (AvgIpc) is 3.22. The van der Waals surface area contributed by atoms with Crippen LogP contribution in [0.2, 0.25) is 0 Å². The zero-order valence-electron chi connectivity index (χ0n) is 14.9. The van der Waals surface area contributed by atoms with E-state index in [1.54, 1.807) is 24.7 Å². The normalized spacial score (nSPS) is 10.8. The Kier molecular flexibility index (Phi) is 4.45. The highest BCUT2D eigenvalue weighted by molar-refractivity contribution is 5.89. The first-order chi connectivity index (χ1) is 13.5. The summed E-state index contributed by atoms with van der Waals surface area (Å²) in [6.45, 7) is 1.88. The van der Waals surface area contributed by atoms with Gasteiger partial charge in [-0.15, -0.1) is 0 Å². The van der Waals surface area contributed by atoms with Crippen molar-refractivity contribution in [3.05, 3.63) is 84.2 Å². The van der Waals surface area contributed by atoms with E-state index in [2.05, 4.69) is 9.97 Å². The lowest BCUT2D eigenvalue weighted by atomic mass is 10.0. The van der Waals surface area contributed by atoms with Crippen LogP contribution in [-0.2, 0) is 0 Å². The number of carboxylic acid groups (broad SMARTS) is 1. The van der Waals surface area contributed by atoms with Crippen molar-refractivity contribution >= 4 is 5.97 Å². The predicted molar refractivity (Wildman–Crippen MR) is 102 cm³/mol. The number of carbonyl (C=O) groups is 1. The van der Waals surface area contributed by atoms with Gasteiger partial charge < -0.3 is 9.52 Å². The lowest BCUT2D eigenvalue weighted by Crippen LogP contribution is -1.98. The minimum atomic E-state index is -1.18. The van der Waals surface area contributed by atoms with E-state index in [1.807, 2.05) is 31.2 Å². The SMILES string of the molecule is Cc1cc(-c2ccoc2)nc(-c2cccc(-c3cc(F)cc(C(=O)O)c3)c2)n1. The Morgan fingerprint density at radius 1 is 0.964 bits per heavy atom. The van der Waals surface area contributed by atoms with Crippen molar-refractivity contribution in [2.45, 2.75) is 6.92 Å². The quantitative estimate of drug-likeness (QED) is 0.530. The van der Waals surface area contributed by atoms with E-state index >= 15 is 0 Å². The van der Waals surface area contributed by atoms with Gasteiger partial charge in [-0.3, -0.25) is 0 Å². The van der Waals surface area contributed by atoms with Crippen LogP contribution in [0.3, 0.4) is 0 Å². The lowest BCUT2D eigenvalue weighted by Gasteiger charge is -2.08. The molecule has 2 aromatic carbocycles. The molecule has 0 aliphatic heterocycles. The number of aromatic nitrogens is 2. The fourth-order valence-corrected chi connectivity index (χ4v) is 2.97. The smallest absolute Gasteiger partial charge is 0.335 e. The molecule has 0 aliphatic carbocycles. The molecule has 0 saturated heterocycles. The van der Waals surface area contributed by atoms with Gasteiger partial charge in [0, 0.05) is 16.8 Å². The van der Waals surface area contributed by atoms with Crippen LogP contribution < -0.4 is 0 Å². The largest absolute Gasteiger partial charge is 0.478 e. The Morgan fingerprint density at radius 3 is 2.54 bits per heavy atom. The Bertz CT molecular complexity index is 1170. The number of rotatable bonds is 4. The van der Waals surface area contributed by atoms with Gasteiger partial charge in [0.1, 0.15) is 5.82 Å². The van der Waals surface area contributed by atoms with Gasteiger partial charge in [0.2, 0.25) is 0 Å². The number of benzene rings is 2. The highest BCUT2D eigenvalue weighted by Gasteiger charge is 2.11. The zero-order valence-corrected chi connectivity index (χ0v) is 14.9. The van der Waals surface area contributed by atoms with Crippen molar-refractivity contribution in [1.82, 2.24) is 9.97 Å². The van der Waals surface area contributed by atoms with E-state index in [0.29, 0.717) is 17.0 Å². The first kappa shape index (κ1) is 17.6. The molecule has 0 fully saturated rings. The van der Waals surface area contributed by atoms with Crippen molar-refractivity contribution < 1.29 is 18.7 Å². The lowest BCUT2D eigenvalue weighted by molar-refractivity contribution is 0.0696. The molecule has 0 aliphatic rings. The molecule has 4 aromatic rings. The Hall–Kier alpha value is -3.80. The highest BCUT2D eigenvalue weighted by atomic mass is 19.1. The Morgan fingerprint density at radius 2 is 1.79 bits per heavy atom. The van der Waals surface area contributed by atoms with Gasteiger partial charge in [-0.2, -0.15) is 0 Å². The Balaban J connectivity index is 1.79. The van der Waals surface area contributed by atoms with Gasteiger partial charge in [0.25, 0.3) is 0 Å². The molecule has 0 spiro atoms. The maximum atomic E-state index is 13.9. The van der Waals surface area contributed by atoms with Gasteiger partial charge in [0.15, 0.2) is 5.82 Å². The monoisotopic (exact) mass is 374 g/mol. The second-order valence-electron chi connectivity index (χ2n) is 6.34. The molecule has 138 valence electrons. The summed E-state index contributed by atoms with van der Waals surface area (Å²) in [7, 11) is 0. The third-order valence-electron chi connectivity index (χ3n) is 4.27. The van der Waals surface area contributed by atoms with Gasteiger partial charge in [-0.1, -0.05) is 18.2 Å². The number of furan rings is 1. The first-order valence-corrected chi connectivity index (χ1v) is 8.52. The van der Waals surface area contributed by atoms with Crippen LogP contribution in [0.1, 0.15) is 16.1 Å². The van der Waals surface area contributed by atoms with Crippen molar-refractivity contribution in [3.63, 3.8) is 0 Å². The summed E-state index contributed by atoms with van der Waals surface area (Å²) in [5, 5.41) is 9.17. The molecule has 6 heteroatoms. The molecule has 2 heterocycles. The summed E-state index contributed by atoms with van der Waals surface area (Å²) in [5.41, 5.74) is 4.17. The second kappa shape index (κ2) is 7.08. The number of aromatic carboxylic acids is 1. The summed E-state index contributed by atoms with van der Waals surface area (Å²) in [6, 6.07) is 14.7. The van der Waals surface area contributed by atoms with Crippen molar-refractivity contribution in [3.8, 4) is 33.8 Å². The Labute approximate surface area is 160 Å². The molecular formula is C22H15FN2O3.